The zero-order valence-corrected chi connectivity index (χ0v) is 22.3. The van der Waals surface area contributed by atoms with E-state index in [9.17, 15) is 19.8 Å². The number of unbranched alkanes of at least 4 members (excludes halogenated alkanes) is 9. The van der Waals surface area contributed by atoms with E-state index >= 15 is 0 Å². The number of phenols is 1. The van der Waals surface area contributed by atoms with Crippen molar-refractivity contribution < 1.29 is 19.8 Å². The molecule has 188 valence electrons. The number of Topliss-reactive ketones (excluding diaryl/α,β-unsaturated/α-hetero) is 1. The Morgan fingerprint density at radius 1 is 0.879 bits per heavy atom. The summed E-state index contributed by atoms with van der Waals surface area (Å²) in [5.41, 5.74) is 1.59. The Balaban J connectivity index is 2.89. The monoisotopic (exact) mass is 460 g/mol. The average molecular weight is 461 g/mol. The Morgan fingerprint density at radius 2 is 1.36 bits per heavy atom. The van der Waals surface area contributed by atoms with Crippen LogP contribution in [0.3, 0.4) is 0 Å². The van der Waals surface area contributed by atoms with Crippen molar-refractivity contribution in [1.29, 1.82) is 0 Å². The smallest absolute Gasteiger partial charge is 0.317 e. The molecule has 1 unspecified atom stereocenters. The first-order valence-corrected chi connectivity index (χ1v) is 13.0. The second-order valence-corrected chi connectivity index (χ2v) is 11.0. The zero-order valence-electron chi connectivity index (χ0n) is 22.3. The number of aryl methyl sites for hydroxylation is 1. The molecule has 4 nitrogen and oxygen atoms in total. The number of hydrogen-bond acceptors (Lipinski definition) is 3. The fourth-order valence-electron chi connectivity index (χ4n) is 4.79. The van der Waals surface area contributed by atoms with Crippen LogP contribution in [-0.2, 0) is 21.4 Å². The molecular formula is C29H48O4. The zero-order chi connectivity index (χ0) is 25.2. The second kappa shape index (κ2) is 13.2. The van der Waals surface area contributed by atoms with Crippen molar-refractivity contribution in [2.45, 2.75) is 131 Å². The van der Waals surface area contributed by atoms with Gasteiger partial charge in [-0.1, -0.05) is 98.0 Å². The molecule has 0 radical (unpaired) electrons. The summed E-state index contributed by atoms with van der Waals surface area (Å²) in [6, 6.07) is 1.95. The van der Waals surface area contributed by atoms with E-state index < -0.39 is 11.4 Å². The maximum atomic E-state index is 12.7. The largest absolute Gasteiger partial charge is 0.507 e. The van der Waals surface area contributed by atoms with Gasteiger partial charge in [0.05, 0.1) is 0 Å². The first-order valence-electron chi connectivity index (χ1n) is 13.0. The van der Waals surface area contributed by atoms with Gasteiger partial charge in [0.2, 0.25) is 0 Å². The number of carbonyl (C=O) groups is 2. The van der Waals surface area contributed by atoms with Gasteiger partial charge in [-0.05, 0) is 61.3 Å². The molecule has 1 atom stereocenters. The van der Waals surface area contributed by atoms with Gasteiger partial charge >= 0.3 is 5.97 Å². The maximum absolute atomic E-state index is 12.7. The molecule has 0 saturated heterocycles. The Morgan fingerprint density at radius 3 is 1.79 bits per heavy atom. The van der Waals surface area contributed by atoms with E-state index in [0.717, 1.165) is 36.0 Å². The first kappa shape index (κ1) is 29.2. The number of carboxylic acids is 1. The summed E-state index contributed by atoms with van der Waals surface area (Å²) < 4.78 is 0. The van der Waals surface area contributed by atoms with E-state index in [-0.39, 0.29) is 23.4 Å². The number of aliphatic carboxylic acids is 1. The van der Waals surface area contributed by atoms with Crippen molar-refractivity contribution in [1.82, 2.24) is 0 Å². The number of ketones is 1. The van der Waals surface area contributed by atoms with Crippen molar-refractivity contribution >= 4 is 11.8 Å². The first-order chi connectivity index (χ1) is 15.4. The van der Waals surface area contributed by atoms with Crippen LogP contribution in [0.25, 0.3) is 0 Å². The minimum atomic E-state index is -1.44. The Bertz CT molecular complexity index is 772. The molecule has 0 aliphatic rings. The maximum Gasteiger partial charge on any atom is 0.317 e. The molecular weight excluding hydrogens is 412 g/mol. The second-order valence-electron chi connectivity index (χ2n) is 11.0. The number of aromatic hydroxyl groups is 1. The normalized spacial score (nSPS) is 13.7. The summed E-state index contributed by atoms with van der Waals surface area (Å²) in [6.45, 7) is 13.5. The molecule has 0 bridgehead atoms. The van der Waals surface area contributed by atoms with Gasteiger partial charge < -0.3 is 10.2 Å². The molecule has 0 saturated carbocycles. The summed E-state index contributed by atoms with van der Waals surface area (Å²) in [6.07, 6.45) is 12.1. The van der Waals surface area contributed by atoms with Gasteiger partial charge in [-0.25, -0.2) is 0 Å². The van der Waals surface area contributed by atoms with Crippen molar-refractivity contribution in [2.75, 3.05) is 0 Å². The van der Waals surface area contributed by atoms with Crippen LogP contribution in [0.1, 0.15) is 128 Å². The predicted octanol–water partition coefficient (Wildman–Crippen LogP) is 7.82. The fourth-order valence-corrected chi connectivity index (χ4v) is 4.79. The van der Waals surface area contributed by atoms with Gasteiger partial charge in [-0.15, -0.1) is 0 Å². The molecule has 0 amide bonds. The van der Waals surface area contributed by atoms with Gasteiger partial charge in [0.15, 0.2) is 0 Å². The highest BCUT2D eigenvalue weighted by molar-refractivity contribution is 6.02. The molecule has 33 heavy (non-hydrogen) atoms. The molecule has 1 aromatic rings. The molecule has 0 fully saturated rings. The lowest BCUT2D eigenvalue weighted by molar-refractivity contribution is -0.155. The van der Waals surface area contributed by atoms with Crippen LogP contribution in [0.4, 0.5) is 0 Å². The summed E-state index contributed by atoms with van der Waals surface area (Å²) in [7, 11) is 0. The Kier molecular flexibility index (Phi) is 11.6. The number of benzene rings is 1. The molecule has 0 heterocycles. The number of hydrogen-bond donors (Lipinski definition) is 2. The minimum absolute atomic E-state index is 0.130. The van der Waals surface area contributed by atoms with Crippen molar-refractivity contribution in [3.8, 4) is 5.75 Å². The summed E-state index contributed by atoms with van der Waals surface area (Å²) in [4.78, 5) is 25.1. The standard InChI is InChI=1S/C29H48O4/c1-8-9-10-11-12-13-14-15-16-17-18-29(23(4)30,27(32)33)20-24-21(2)19-25(28(5,6)7)26(31)22(24)3/h19,31H,8-18,20H2,1-7H3,(H,32,33). The SMILES string of the molecule is CCCCCCCCCCCCC(Cc1c(C)cc(C(C)(C)C)c(O)c1C)(C(C)=O)C(=O)O. The van der Waals surface area contributed by atoms with Crippen LogP contribution >= 0.6 is 0 Å². The topological polar surface area (TPSA) is 74.6 Å². The molecule has 1 aromatic carbocycles. The molecule has 4 heteroatoms. The van der Waals surface area contributed by atoms with E-state index in [1.165, 1.54) is 51.9 Å². The van der Waals surface area contributed by atoms with Crippen molar-refractivity contribution in [2.24, 2.45) is 5.41 Å². The highest BCUT2D eigenvalue weighted by Crippen LogP contribution is 2.40. The highest BCUT2D eigenvalue weighted by Gasteiger charge is 2.44. The van der Waals surface area contributed by atoms with Crippen molar-refractivity contribution in [3.05, 3.63) is 28.3 Å². The highest BCUT2D eigenvalue weighted by atomic mass is 16.4. The predicted molar refractivity (Wildman–Crippen MR) is 137 cm³/mol. The fraction of sp³-hybridized carbons (Fsp3) is 0.724. The van der Waals surface area contributed by atoms with Gasteiger partial charge in [0, 0.05) is 0 Å². The molecule has 1 rings (SSSR count). The lowest BCUT2D eigenvalue weighted by Gasteiger charge is -2.30. The molecule has 0 aliphatic heterocycles. The van der Waals surface area contributed by atoms with Gasteiger partial charge in [-0.3, -0.25) is 9.59 Å². The molecule has 0 spiro atoms. The van der Waals surface area contributed by atoms with Crippen LogP contribution in [0, 0.1) is 19.3 Å². The Labute approximate surface area is 202 Å². The van der Waals surface area contributed by atoms with Gasteiger partial charge in [0.1, 0.15) is 16.9 Å². The number of carboxylic acid groups (broad SMARTS) is 1. The van der Waals surface area contributed by atoms with Crippen LogP contribution in [-0.4, -0.2) is 22.0 Å². The lowest BCUT2D eigenvalue weighted by atomic mass is 9.72. The van der Waals surface area contributed by atoms with Crippen LogP contribution in [0.2, 0.25) is 0 Å². The van der Waals surface area contributed by atoms with Crippen LogP contribution in [0.15, 0.2) is 6.07 Å². The van der Waals surface area contributed by atoms with E-state index in [2.05, 4.69) is 6.92 Å². The number of rotatable bonds is 15. The van der Waals surface area contributed by atoms with E-state index in [1.807, 2.05) is 40.7 Å². The van der Waals surface area contributed by atoms with E-state index in [4.69, 9.17) is 0 Å². The molecule has 2 N–H and O–H groups in total. The summed E-state index contributed by atoms with van der Waals surface area (Å²) in [5, 5.41) is 21.0. The molecule has 0 aromatic heterocycles. The van der Waals surface area contributed by atoms with Gasteiger partial charge in [-0.2, -0.15) is 0 Å². The summed E-state index contributed by atoms with van der Waals surface area (Å²) >= 11 is 0. The third kappa shape index (κ3) is 8.15. The average Bonchev–Trinajstić information content (AvgIpc) is 2.72. The minimum Gasteiger partial charge on any atom is -0.507 e. The number of phenolic OH excluding ortho intramolecular Hbond substituents is 1. The van der Waals surface area contributed by atoms with Crippen molar-refractivity contribution in [3.63, 3.8) is 0 Å². The third-order valence-electron chi connectivity index (χ3n) is 7.23. The number of carbonyl (C=O) groups excluding carboxylic acids is 1. The summed E-state index contributed by atoms with van der Waals surface area (Å²) in [5.74, 6) is -1.14. The quantitative estimate of drug-likeness (QED) is 0.207. The van der Waals surface area contributed by atoms with Crippen LogP contribution in [0.5, 0.6) is 5.75 Å². The Hall–Kier alpha value is -1.84. The molecule has 0 aliphatic carbocycles. The van der Waals surface area contributed by atoms with Gasteiger partial charge in [0.25, 0.3) is 0 Å². The third-order valence-corrected chi connectivity index (χ3v) is 7.23. The van der Waals surface area contributed by atoms with E-state index in [1.54, 1.807) is 0 Å². The van der Waals surface area contributed by atoms with E-state index in [0.29, 0.717) is 12.0 Å². The lowest BCUT2D eigenvalue weighted by Crippen LogP contribution is -2.40. The van der Waals surface area contributed by atoms with Crippen LogP contribution < -0.4 is 0 Å².